The second-order valence-corrected chi connectivity index (χ2v) is 13.0. The van der Waals surface area contributed by atoms with E-state index in [1.165, 1.54) is 37.4 Å². The van der Waals surface area contributed by atoms with E-state index in [1.807, 2.05) is 0 Å². The van der Waals surface area contributed by atoms with E-state index >= 15 is 8.78 Å². The molecule has 3 aromatic rings. The van der Waals surface area contributed by atoms with Crippen LogP contribution in [0, 0.1) is 11.6 Å². The lowest BCUT2D eigenvalue weighted by atomic mass is 10.0. The van der Waals surface area contributed by atoms with Gasteiger partial charge in [-0.25, -0.2) is 27.2 Å². The fraction of sp³-hybridized carbons (Fsp3) is 0.400. The summed E-state index contributed by atoms with van der Waals surface area (Å²) < 4.78 is 69.1. The zero-order chi connectivity index (χ0) is 32.8. The summed E-state index contributed by atoms with van der Waals surface area (Å²) in [5, 5.41) is 5.55. The van der Waals surface area contributed by atoms with Crippen LogP contribution in [0.25, 0.3) is 0 Å². The van der Waals surface area contributed by atoms with E-state index in [-0.39, 0.29) is 16.6 Å². The second-order valence-electron chi connectivity index (χ2n) is 11.3. The number of carbonyl (C=O) groups is 2. The van der Waals surface area contributed by atoms with Gasteiger partial charge in [-0.2, -0.15) is 4.72 Å². The first-order chi connectivity index (χ1) is 21.3. The van der Waals surface area contributed by atoms with Gasteiger partial charge in [-0.3, -0.25) is 9.59 Å². The Hall–Kier alpha value is -4.37. The van der Waals surface area contributed by atoms with E-state index in [9.17, 15) is 18.0 Å². The average Bonchev–Trinajstić information content (AvgIpc) is 3.00. The molecule has 1 atom stereocenters. The minimum atomic E-state index is -4.26. The van der Waals surface area contributed by atoms with E-state index in [1.54, 1.807) is 44.1 Å². The van der Waals surface area contributed by atoms with Crippen molar-refractivity contribution in [3.05, 3.63) is 72.1 Å². The van der Waals surface area contributed by atoms with Crippen LogP contribution in [0.4, 0.5) is 20.4 Å². The Morgan fingerprint density at radius 1 is 1.02 bits per heavy atom. The maximum absolute atomic E-state index is 15.2. The largest absolute Gasteiger partial charge is 0.497 e. The molecule has 0 bridgehead atoms. The molecule has 0 saturated carbocycles. The Balaban J connectivity index is 1.43. The van der Waals surface area contributed by atoms with Gasteiger partial charge in [0.25, 0.3) is 5.91 Å². The fourth-order valence-electron chi connectivity index (χ4n) is 4.63. The van der Waals surface area contributed by atoms with Gasteiger partial charge in [-0.05, 0) is 76.1 Å². The summed E-state index contributed by atoms with van der Waals surface area (Å²) in [6.45, 7) is 5.03. The third kappa shape index (κ3) is 8.85. The van der Waals surface area contributed by atoms with E-state index < -0.39 is 57.3 Å². The highest BCUT2D eigenvalue weighted by atomic mass is 32.2. The Labute approximate surface area is 260 Å². The van der Waals surface area contributed by atoms with Crippen LogP contribution >= 0.6 is 0 Å². The normalized spacial score (nSPS) is 14.8. The predicted octanol–water partition coefficient (Wildman–Crippen LogP) is 3.26. The zero-order valence-corrected chi connectivity index (χ0v) is 26.2. The number of halogens is 2. The molecule has 1 saturated heterocycles. The first kappa shape index (κ1) is 33.5. The molecule has 1 aromatic heterocycles. The van der Waals surface area contributed by atoms with Crippen molar-refractivity contribution in [2.45, 2.75) is 56.2 Å². The number of anilines is 2. The van der Waals surface area contributed by atoms with Gasteiger partial charge < -0.3 is 25.0 Å². The van der Waals surface area contributed by atoms with Gasteiger partial charge in [-0.15, -0.1) is 0 Å². The third-order valence-electron chi connectivity index (χ3n) is 6.87. The van der Waals surface area contributed by atoms with Crippen LogP contribution in [0.15, 0.2) is 59.8 Å². The summed E-state index contributed by atoms with van der Waals surface area (Å²) in [6.07, 6.45) is 4.50. The molecule has 242 valence electrons. The molecule has 3 N–H and O–H groups in total. The Bertz CT molecular complexity index is 1600. The highest BCUT2D eigenvalue weighted by molar-refractivity contribution is 7.89. The van der Waals surface area contributed by atoms with Gasteiger partial charge in [0.2, 0.25) is 16.0 Å². The van der Waals surface area contributed by atoms with Gasteiger partial charge >= 0.3 is 5.97 Å². The minimum Gasteiger partial charge on any atom is -0.497 e. The average molecular weight is 647 g/mol. The number of sulfonamides is 1. The molecule has 0 aliphatic carbocycles. The van der Waals surface area contributed by atoms with E-state index in [2.05, 4.69) is 25.3 Å². The topological polar surface area (TPSA) is 152 Å². The van der Waals surface area contributed by atoms with Crippen LogP contribution in [-0.2, 0) is 19.6 Å². The number of hydrogen-bond donors (Lipinski definition) is 3. The van der Waals surface area contributed by atoms with Crippen molar-refractivity contribution in [3.63, 3.8) is 0 Å². The van der Waals surface area contributed by atoms with Crippen molar-refractivity contribution in [1.82, 2.24) is 20.0 Å². The highest BCUT2D eigenvalue weighted by Gasteiger charge is 2.31. The molecule has 2 heterocycles. The van der Waals surface area contributed by atoms with Gasteiger partial charge in [-0.1, -0.05) is 0 Å². The molecule has 2 aromatic carbocycles. The maximum Gasteiger partial charge on any atom is 0.326 e. The molecule has 0 radical (unpaired) electrons. The van der Waals surface area contributed by atoms with E-state index in [4.69, 9.17) is 9.47 Å². The molecule has 12 nitrogen and oxygen atoms in total. The van der Waals surface area contributed by atoms with Crippen molar-refractivity contribution in [2.75, 3.05) is 37.0 Å². The Kier molecular flexibility index (Phi) is 10.5. The number of piperidine rings is 1. The first-order valence-electron chi connectivity index (χ1n) is 14.2. The summed E-state index contributed by atoms with van der Waals surface area (Å²) in [4.78, 5) is 35.7. The lowest BCUT2D eigenvalue weighted by Gasteiger charge is -2.34. The number of carbonyl (C=O) groups excluding carboxylic acids is 2. The van der Waals surface area contributed by atoms with Crippen LogP contribution in [0.1, 0.15) is 44.0 Å². The van der Waals surface area contributed by atoms with Crippen LogP contribution in [0.2, 0.25) is 0 Å². The number of methoxy groups -OCH3 is 1. The summed E-state index contributed by atoms with van der Waals surface area (Å²) in [7, 11) is -2.84. The SMILES string of the molecule is COc1ccc(S(=O)(=O)N[C@@H](CNC(=O)c2ccc(N3CCC(Nc4ncccn4)CC3)c(F)c2F)C(=O)OC(C)(C)C)cc1. The number of esters is 1. The molecule has 1 amide bonds. The van der Waals surface area contributed by atoms with Gasteiger partial charge in [0.1, 0.15) is 17.4 Å². The van der Waals surface area contributed by atoms with Gasteiger partial charge in [0.05, 0.1) is 23.3 Å². The smallest absolute Gasteiger partial charge is 0.326 e. The third-order valence-corrected chi connectivity index (χ3v) is 8.35. The van der Waals surface area contributed by atoms with Gasteiger partial charge in [0, 0.05) is 38.1 Å². The van der Waals surface area contributed by atoms with Crippen LogP contribution in [0.3, 0.4) is 0 Å². The lowest BCUT2D eigenvalue weighted by Crippen LogP contribution is -2.50. The fourth-order valence-corrected chi connectivity index (χ4v) is 5.81. The molecule has 1 fully saturated rings. The van der Waals surface area contributed by atoms with Crippen LogP contribution < -0.4 is 25.0 Å². The molecule has 0 unspecified atom stereocenters. The molecule has 1 aliphatic heterocycles. The Morgan fingerprint density at radius 2 is 1.67 bits per heavy atom. The summed E-state index contributed by atoms with van der Waals surface area (Å²) in [6, 6.07) is 8.07. The van der Waals surface area contributed by atoms with E-state index in [0.717, 1.165) is 6.07 Å². The number of benzene rings is 2. The highest BCUT2D eigenvalue weighted by Crippen LogP contribution is 2.28. The quantitative estimate of drug-likeness (QED) is 0.265. The summed E-state index contributed by atoms with van der Waals surface area (Å²) in [5.41, 5.74) is -1.57. The van der Waals surface area contributed by atoms with Crippen molar-refractivity contribution in [2.24, 2.45) is 0 Å². The summed E-state index contributed by atoms with van der Waals surface area (Å²) >= 11 is 0. The number of nitrogens with one attached hydrogen (secondary N) is 3. The predicted molar refractivity (Wildman–Crippen MR) is 163 cm³/mol. The minimum absolute atomic E-state index is 0.0114. The first-order valence-corrected chi connectivity index (χ1v) is 15.7. The zero-order valence-electron chi connectivity index (χ0n) is 25.3. The molecule has 1 aliphatic rings. The molecule has 4 rings (SSSR count). The molecular weight excluding hydrogens is 610 g/mol. The maximum atomic E-state index is 15.2. The number of nitrogens with zero attached hydrogens (tertiary/aromatic N) is 3. The molecular formula is C30H36F2N6O6S. The van der Waals surface area contributed by atoms with E-state index in [0.29, 0.717) is 37.6 Å². The monoisotopic (exact) mass is 646 g/mol. The number of ether oxygens (including phenoxy) is 2. The molecule has 15 heteroatoms. The number of rotatable bonds is 11. The number of aromatic nitrogens is 2. The summed E-state index contributed by atoms with van der Waals surface area (Å²) in [5.74, 6) is -3.66. The number of hydrogen-bond acceptors (Lipinski definition) is 10. The molecule has 0 spiro atoms. The number of amides is 1. The Morgan fingerprint density at radius 3 is 2.27 bits per heavy atom. The second kappa shape index (κ2) is 14.2. The standard InChI is InChI=1S/C30H36F2N6O6S/c1-30(2,3)44-28(40)23(37-45(41,42)21-8-6-20(43-4)7-9-21)18-35-27(39)22-10-11-24(26(32)25(22)31)38-16-12-19(13-17-38)36-29-33-14-5-15-34-29/h5-11,14-15,19,23,37H,12-13,16-18H2,1-4H3,(H,35,39)(H,33,34,36)/t23-/m0/s1. The van der Waals surface area contributed by atoms with Crippen molar-refractivity contribution < 1.29 is 36.3 Å². The van der Waals surface area contributed by atoms with Crippen molar-refractivity contribution >= 4 is 33.5 Å². The van der Waals surface area contributed by atoms with Crippen LogP contribution in [0.5, 0.6) is 5.75 Å². The lowest BCUT2D eigenvalue weighted by molar-refractivity contribution is -0.156. The van der Waals surface area contributed by atoms with Crippen molar-refractivity contribution in [3.8, 4) is 5.75 Å². The van der Waals surface area contributed by atoms with Crippen LogP contribution in [-0.4, -0.2) is 74.7 Å². The van der Waals surface area contributed by atoms with Gasteiger partial charge in [0.15, 0.2) is 11.6 Å². The van der Waals surface area contributed by atoms with Crippen molar-refractivity contribution in [1.29, 1.82) is 0 Å². The molecule has 45 heavy (non-hydrogen) atoms.